The number of nitrogens with zero attached hydrogens (tertiary/aromatic N) is 3. The Morgan fingerprint density at radius 3 is 2.06 bits per heavy atom. The lowest BCUT2D eigenvalue weighted by Gasteiger charge is -2.34. The second-order valence-electron chi connectivity index (χ2n) is 7.39. The Morgan fingerprint density at radius 2 is 1.58 bits per heavy atom. The number of nitrogens with one attached hydrogen (secondary N) is 1. The van der Waals surface area contributed by atoms with Crippen LogP contribution in [-0.2, 0) is 26.3 Å². The summed E-state index contributed by atoms with van der Waals surface area (Å²) < 4.78 is 28.1. The van der Waals surface area contributed by atoms with E-state index in [1.165, 1.54) is 26.0 Å². The Balaban J connectivity index is 2.52. The van der Waals surface area contributed by atoms with E-state index < -0.39 is 28.7 Å². The van der Waals surface area contributed by atoms with E-state index in [9.17, 15) is 18.0 Å². The molecule has 0 aliphatic heterocycles. The number of halogens is 2. The topological polar surface area (TPSA) is 90.0 Å². The summed E-state index contributed by atoms with van der Waals surface area (Å²) in [4.78, 5) is 27.5. The fraction of sp³-hybridized carbons (Fsp3) is 0.364. The van der Waals surface area contributed by atoms with Crippen LogP contribution in [0.2, 0.25) is 10.0 Å². The summed E-state index contributed by atoms with van der Waals surface area (Å²) in [5.74, 6) is -0.952. The molecule has 11 heteroatoms. The normalized spacial score (nSPS) is 12.3. The van der Waals surface area contributed by atoms with Crippen LogP contribution >= 0.6 is 23.2 Å². The number of hydrogen-bond donors (Lipinski definition) is 1. The van der Waals surface area contributed by atoms with Crippen LogP contribution in [0.4, 0.5) is 5.69 Å². The number of amides is 2. The maximum absolute atomic E-state index is 13.6. The first-order valence-electron chi connectivity index (χ1n) is 10.2. The summed E-state index contributed by atoms with van der Waals surface area (Å²) in [6.45, 7) is 1.19. The number of hydrogen-bond acceptors (Lipinski definition) is 4. The molecule has 2 amide bonds. The molecular weight excluding hydrogens is 487 g/mol. The molecule has 8 nitrogen and oxygen atoms in total. The number of anilines is 1. The Kier molecular flexibility index (Phi) is 9.54. The van der Waals surface area contributed by atoms with Crippen LogP contribution in [0.1, 0.15) is 18.9 Å². The molecule has 0 fully saturated rings. The van der Waals surface area contributed by atoms with Gasteiger partial charge in [-0.15, -0.1) is 0 Å². The monoisotopic (exact) mass is 514 g/mol. The van der Waals surface area contributed by atoms with Crippen LogP contribution in [0.15, 0.2) is 48.5 Å². The van der Waals surface area contributed by atoms with Crippen LogP contribution < -0.4 is 9.62 Å². The van der Waals surface area contributed by atoms with Crippen LogP contribution in [0.25, 0.3) is 0 Å². The van der Waals surface area contributed by atoms with Gasteiger partial charge in [-0.25, -0.2) is 4.31 Å². The Bertz CT molecular complexity index is 1060. The van der Waals surface area contributed by atoms with Crippen LogP contribution in [0, 0.1) is 0 Å². The second-order valence-corrected chi connectivity index (χ2v) is 10.3. The molecule has 0 aliphatic rings. The number of likely N-dealkylation sites (N-methyl/N-ethyl adjacent to an activating group) is 1. The molecule has 1 atom stereocenters. The van der Waals surface area contributed by atoms with Gasteiger partial charge >= 0.3 is 10.2 Å². The van der Waals surface area contributed by atoms with Gasteiger partial charge in [0.05, 0.1) is 5.69 Å². The average molecular weight is 515 g/mol. The van der Waals surface area contributed by atoms with Crippen molar-refractivity contribution in [2.75, 3.05) is 32.0 Å². The highest BCUT2D eigenvalue weighted by atomic mass is 35.5. The van der Waals surface area contributed by atoms with Crippen LogP contribution in [0.5, 0.6) is 0 Å². The fourth-order valence-corrected chi connectivity index (χ4v) is 4.82. The van der Waals surface area contributed by atoms with Crippen LogP contribution in [0.3, 0.4) is 0 Å². The number of para-hydroxylation sites is 1. The van der Waals surface area contributed by atoms with Gasteiger partial charge in [0, 0.05) is 43.3 Å². The number of carbonyl (C=O) groups is 2. The molecular formula is C22H28Cl2N4O4S. The zero-order valence-electron chi connectivity index (χ0n) is 19.0. The van der Waals surface area contributed by atoms with Crippen molar-refractivity contribution in [3.63, 3.8) is 0 Å². The lowest BCUT2D eigenvalue weighted by Crippen LogP contribution is -2.53. The van der Waals surface area contributed by atoms with Gasteiger partial charge in [-0.05, 0) is 30.7 Å². The van der Waals surface area contributed by atoms with Gasteiger partial charge in [0.15, 0.2) is 0 Å². The van der Waals surface area contributed by atoms with E-state index in [0.29, 0.717) is 27.7 Å². The van der Waals surface area contributed by atoms with Gasteiger partial charge in [0.2, 0.25) is 11.8 Å². The first kappa shape index (κ1) is 26.9. The highest BCUT2D eigenvalue weighted by molar-refractivity contribution is 7.90. The lowest BCUT2D eigenvalue weighted by molar-refractivity contribution is -0.140. The minimum absolute atomic E-state index is 0.0616. The SMILES string of the molecule is CC[C@H](C(=O)NC)N(Cc1c(Cl)cccc1Cl)C(=O)CN(c1ccccc1)S(=O)(=O)N(C)C. The molecule has 0 aliphatic carbocycles. The van der Waals surface area contributed by atoms with Crippen molar-refractivity contribution in [1.29, 1.82) is 0 Å². The minimum atomic E-state index is -4.00. The quantitative estimate of drug-likeness (QED) is 0.527. The zero-order valence-corrected chi connectivity index (χ0v) is 21.3. The van der Waals surface area contributed by atoms with Crippen molar-refractivity contribution >= 4 is 50.9 Å². The van der Waals surface area contributed by atoms with Crippen molar-refractivity contribution < 1.29 is 18.0 Å². The summed E-state index contributed by atoms with van der Waals surface area (Å²) in [5, 5.41) is 3.24. The molecule has 0 aromatic heterocycles. The lowest BCUT2D eigenvalue weighted by atomic mass is 10.1. The van der Waals surface area contributed by atoms with Crippen LogP contribution in [-0.4, -0.2) is 63.2 Å². The summed E-state index contributed by atoms with van der Waals surface area (Å²) in [5.41, 5.74) is 0.793. The standard InChI is InChI=1S/C22H28Cl2N4O4S/c1-5-20(22(30)25-2)27(14-17-18(23)12-9-13-19(17)24)21(29)15-28(33(31,32)26(3)4)16-10-7-6-8-11-16/h6-13,20H,5,14-15H2,1-4H3,(H,25,30)/t20-/m1/s1. The van der Waals surface area contributed by atoms with Crippen molar-refractivity contribution in [1.82, 2.24) is 14.5 Å². The highest BCUT2D eigenvalue weighted by Gasteiger charge is 2.34. The van der Waals surface area contributed by atoms with E-state index in [0.717, 1.165) is 8.61 Å². The van der Waals surface area contributed by atoms with Gasteiger partial charge in [-0.3, -0.25) is 9.59 Å². The zero-order chi connectivity index (χ0) is 24.8. The van der Waals surface area contributed by atoms with Crippen molar-refractivity contribution in [3.05, 3.63) is 64.1 Å². The predicted octanol–water partition coefficient (Wildman–Crippen LogP) is 3.16. The second kappa shape index (κ2) is 11.7. The van der Waals surface area contributed by atoms with E-state index in [-0.39, 0.29) is 12.5 Å². The van der Waals surface area contributed by atoms with E-state index >= 15 is 0 Å². The molecule has 1 N–H and O–H groups in total. The summed E-state index contributed by atoms with van der Waals surface area (Å²) in [6.07, 6.45) is 0.305. The Labute approximate surface area is 205 Å². The number of benzene rings is 2. The van der Waals surface area contributed by atoms with Gasteiger partial charge in [-0.1, -0.05) is 54.4 Å². The predicted molar refractivity (Wildman–Crippen MR) is 132 cm³/mol. The van der Waals surface area contributed by atoms with Crippen molar-refractivity contribution in [2.45, 2.75) is 25.9 Å². The molecule has 0 heterocycles. The van der Waals surface area contributed by atoms with Crippen molar-refractivity contribution in [3.8, 4) is 0 Å². The highest BCUT2D eigenvalue weighted by Crippen LogP contribution is 2.27. The van der Waals surface area contributed by atoms with E-state index in [1.54, 1.807) is 55.5 Å². The smallest absolute Gasteiger partial charge is 0.304 e. The molecule has 33 heavy (non-hydrogen) atoms. The number of rotatable bonds is 10. The Hall–Kier alpha value is -2.33. The molecule has 0 unspecified atom stereocenters. The third-order valence-electron chi connectivity index (χ3n) is 5.09. The molecule has 2 aromatic carbocycles. The summed E-state index contributed by atoms with van der Waals surface area (Å²) >= 11 is 12.6. The molecule has 2 rings (SSSR count). The van der Waals surface area contributed by atoms with E-state index in [4.69, 9.17) is 23.2 Å². The fourth-order valence-electron chi connectivity index (χ4n) is 3.25. The molecule has 2 aromatic rings. The summed E-state index contributed by atoms with van der Waals surface area (Å²) in [6, 6.07) is 12.4. The largest absolute Gasteiger partial charge is 0.357 e. The maximum Gasteiger partial charge on any atom is 0.304 e. The molecule has 0 spiro atoms. The van der Waals surface area contributed by atoms with Gasteiger partial charge in [-0.2, -0.15) is 12.7 Å². The van der Waals surface area contributed by atoms with Gasteiger partial charge in [0.1, 0.15) is 12.6 Å². The summed E-state index contributed by atoms with van der Waals surface area (Å²) in [7, 11) is 0.244. The molecule has 0 radical (unpaired) electrons. The molecule has 180 valence electrons. The van der Waals surface area contributed by atoms with Crippen molar-refractivity contribution in [2.24, 2.45) is 0 Å². The molecule has 0 saturated carbocycles. The third kappa shape index (κ3) is 6.38. The molecule has 0 bridgehead atoms. The first-order chi connectivity index (χ1) is 15.5. The molecule has 0 saturated heterocycles. The minimum Gasteiger partial charge on any atom is -0.357 e. The van der Waals surface area contributed by atoms with Gasteiger partial charge < -0.3 is 10.2 Å². The number of carbonyl (C=O) groups excluding carboxylic acids is 2. The van der Waals surface area contributed by atoms with E-state index in [2.05, 4.69) is 5.32 Å². The average Bonchev–Trinajstić information content (AvgIpc) is 2.79. The Morgan fingerprint density at radius 1 is 1.00 bits per heavy atom. The van der Waals surface area contributed by atoms with E-state index in [1.807, 2.05) is 0 Å². The maximum atomic E-state index is 13.6. The first-order valence-corrected chi connectivity index (χ1v) is 12.4. The van der Waals surface area contributed by atoms with Gasteiger partial charge in [0.25, 0.3) is 0 Å². The third-order valence-corrected chi connectivity index (χ3v) is 7.61.